The van der Waals surface area contributed by atoms with Gasteiger partial charge in [0.2, 0.25) is 0 Å². The van der Waals surface area contributed by atoms with E-state index in [0.29, 0.717) is 5.56 Å². The Labute approximate surface area is 297 Å². The summed E-state index contributed by atoms with van der Waals surface area (Å²) in [5, 5.41) is -0.505. The number of fused-ring (bicyclic) bond motifs is 8. The summed E-state index contributed by atoms with van der Waals surface area (Å²) in [5.74, 6) is 0. The van der Waals surface area contributed by atoms with Gasteiger partial charge in [0.05, 0.1) is 22.8 Å². The lowest BCUT2D eigenvalue weighted by Crippen LogP contribution is -1.91. The topological polar surface area (TPSA) is 113 Å². The van der Waals surface area contributed by atoms with E-state index in [-0.39, 0.29) is 0 Å². The third-order valence-corrected chi connectivity index (χ3v) is 9.28. The molecular weight excluding hydrogens is 654 g/mol. The van der Waals surface area contributed by atoms with E-state index in [0.717, 1.165) is 89.4 Å². The van der Waals surface area contributed by atoms with E-state index in [1.54, 1.807) is 49.3 Å². The maximum atomic E-state index is 12.0. The van der Waals surface area contributed by atoms with E-state index in [1.807, 2.05) is 72.8 Å². The Morgan fingerprint density at radius 2 is 0.745 bits per heavy atom. The van der Waals surface area contributed by atoms with Gasteiger partial charge in [0.1, 0.15) is 0 Å². The average Bonchev–Trinajstić information content (AvgIpc) is 4.01. The summed E-state index contributed by atoms with van der Waals surface area (Å²) in [6.45, 7) is 0. The van der Waals surface area contributed by atoms with Gasteiger partial charge in [-0.3, -0.25) is 19.7 Å². The van der Waals surface area contributed by atoms with Crippen molar-refractivity contribution >= 4 is 63.2 Å². The van der Waals surface area contributed by atoms with Crippen LogP contribution in [0, 0.1) is 0 Å². The molecule has 0 aliphatic carbocycles. The maximum Gasteiger partial charge on any atom is 0.252 e. The zero-order chi connectivity index (χ0) is 34.3. The number of hydrogen-bond donors (Lipinski definition) is 2. The fraction of sp³-hybridized carbons (Fsp3) is 0. The molecule has 0 unspecified atom stereocenters. The van der Waals surface area contributed by atoms with Crippen LogP contribution in [0.4, 0.5) is 0 Å². The summed E-state index contributed by atoms with van der Waals surface area (Å²) in [5.41, 5.74) is 14.6. The van der Waals surface area contributed by atoms with Crippen LogP contribution in [0.2, 0.25) is 0 Å². The van der Waals surface area contributed by atoms with Gasteiger partial charge >= 0.3 is 0 Å². The van der Waals surface area contributed by atoms with E-state index in [2.05, 4.69) is 49.2 Å². The number of hydrogen-bond acceptors (Lipinski definition) is 6. The van der Waals surface area contributed by atoms with Crippen LogP contribution in [0.25, 0.3) is 90.9 Å². The minimum atomic E-state index is -0.505. The monoisotopic (exact) mass is 679 g/mol. The summed E-state index contributed by atoms with van der Waals surface area (Å²) in [6, 6.07) is 27.5. The summed E-state index contributed by atoms with van der Waals surface area (Å²) in [4.78, 5) is 42.8. The van der Waals surface area contributed by atoms with E-state index in [4.69, 9.17) is 21.6 Å². The predicted molar refractivity (Wildman–Crippen MR) is 204 cm³/mol. The fourth-order valence-electron chi connectivity index (χ4n) is 6.74. The molecule has 9 heteroatoms. The van der Waals surface area contributed by atoms with Gasteiger partial charge in [0.15, 0.2) is 0 Å². The van der Waals surface area contributed by atoms with Crippen molar-refractivity contribution in [3.8, 4) is 44.5 Å². The lowest BCUT2D eigenvalue weighted by molar-refractivity contribution is 0.108. The molecule has 0 atom stereocenters. The van der Waals surface area contributed by atoms with Gasteiger partial charge < -0.3 is 9.97 Å². The van der Waals surface area contributed by atoms with Crippen LogP contribution in [0.15, 0.2) is 122 Å². The van der Waals surface area contributed by atoms with Gasteiger partial charge in [0.25, 0.3) is 5.24 Å². The van der Waals surface area contributed by atoms with Crippen LogP contribution < -0.4 is 0 Å². The van der Waals surface area contributed by atoms with E-state index in [9.17, 15) is 4.79 Å². The van der Waals surface area contributed by atoms with Gasteiger partial charge in [-0.2, -0.15) is 0 Å². The Hall–Kier alpha value is -6.77. The lowest BCUT2D eigenvalue weighted by Gasteiger charge is -2.07. The van der Waals surface area contributed by atoms with Gasteiger partial charge in [0, 0.05) is 87.1 Å². The fourth-order valence-corrected chi connectivity index (χ4v) is 6.87. The molecule has 7 aromatic rings. The van der Waals surface area contributed by atoms with Crippen molar-refractivity contribution in [3.05, 3.63) is 150 Å². The van der Waals surface area contributed by atoms with E-state index in [1.165, 1.54) is 0 Å². The predicted octanol–water partition coefficient (Wildman–Crippen LogP) is 9.89. The van der Waals surface area contributed by atoms with Crippen LogP contribution in [-0.4, -0.2) is 40.1 Å². The quantitative estimate of drug-likeness (QED) is 0.175. The van der Waals surface area contributed by atoms with Crippen molar-refractivity contribution in [2.45, 2.75) is 0 Å². The number of benzene rings is 1. The highest BCUT2D eigenvalue weighted by Crippen LogP contribution is 2.38. The highest BCUT2D eigenvalue weighted by molar-refractivity contribution is 6.67. The van der Waals surface area contributed by atoms with Crippen molar-refractivity contribution in [1.82, 2.24) is 34.9 Å². The number of aromatic nitrogens is 7. The van der Waals surface area contributed by atoms with Crippen LogP contribution in [-0.2, 0) is 0 Å². The highest BCUT2D eigenvalue weighted by atomic mass is 35.5. The molecule has 1 aromatic carbocycles. The van der Waals surface area contributed by atoms with Crippen LogP contribution >= 0.6 is 11.6 Å². The molecule has 2 aliphatic rings. The number of carbonyl (C=O) groups is 1. The molecule has 8 heterocycles. The first-order chi connectivity index (χ1) is 25.1. The second kappa shape index (κ2) is 12.6. The molecule has 0 fully saturated rings. The number of halogens is 1. The summed E-state index contributed by atoms with van der Waals surface area (Å²) in [7, 11) is 0. The highest BCUT2D eigenvalue weighted by Gasteiger charge is 2.19. The second-order valence-electron chi connectivity index (χ2n) is 12.1. The first-order valence-electron chi connectivity index (χ1n) is 16.3. The molecule has 242 valence electrons. The molecule has 2 N–H and O–H groups in total. The SMILES string of the molecule is O=C(Cl)c1ccc(-c2c3ccc([nH]3)c(-c3ccncc3)c3nc(c(-c4ccncc4)c4nc(c(-c5ccncc5)c5ccc2[nH]5)C=C4)C=C3)cc1. The molecule has 6 aromatic heterocycles. The number of pyridine rings is 3. The van der Waals surface area contributed by atoms with Gasteiger partial charge in [-0.25, -0.2) is 9.97 Å². The minimum Gasteiger partial charge on any atom is -0.354 e. The lowest BCUT2D eigenvalue weighted by atomic mass is 10.0. The molecule has 8 nitrogen and oxygen atoms in total. The van der Waals surface area contributed by atoms with E-state index >= 15 is 0 Å². The van der Waals surface area contributed by atoms with Crippen LogP contribution in [0.3, 0.4) is 0 Å². The van der Waals surface area contributed by atoms with Crippen molar-refractivity contribution < 1.29 is 4.79 Å². The molecule has 0 saturated carbocycles. The zero-order valence-corrected chi connectivity index (χ0v) is 27.6. The largest absolute Gasteiger partial charge is 0.354 e. The first-order valence-corrected chi connectivity index (χ1v) is 16.7. The Kier molecular flexibility index (Phi) is 7.48. The molecule has 9 rings (SSSR count). The molecule has 0 saturated heterocycles. The summed E-state index contributed by atoms with van der Waals surface area (Å²) >= 11 is 5.83. The number of rotatable bonds is 5. The van der Waals surface area contributed by atoms with E-state index < -0.39 is 5.24 Å². The van der Waals surface area contributed by atoms with Gasteiger partial charge in [-0.1, -0.05) is 12.1 Å². The normalized spacial score (nSPS) is 11.9. The Bertz CT molecular complexity index is 2560. The van der Waals surface area contributed by atoms with Crippen molar-refractivity contribution in [3.63, 3.8) is 0 Å². The number of carbonyl (C=O) groups excluding carboxylic acids is 1. The summed E-state index contributed by atoms with van der Waals surface area (Å²) < 4.78 is 0. The number of aromatic amines is 2. The Morgan fingerprint density at radius 3 is 1.14 bits per heavy atom. The van der Waals surface area contributed by atoms with Crippen LogP contribution in [0.5, 0.6) is 0 Å². The first kappa shape index (κ1) is 30.3. The average molecular weight is 680 g/mol. The molecule has 0 amide bonds. The van der Waals surface area contributed by atoms with Crippen LogP contribution in [0.1, 0.15) is 33.1 Å². The number of nitrogens with zero attached hydrogens (tertiary/aromatic N) is 5. The maximum absolute atomic E-state index is 12.0. The number of H-pyrrole nitrogens is 2. The molecular formula is C42H26ClN7O. The van der Waals surface area contributed by atoms with Gasteiger partial charge in [-0.15, -0.1) is 0 Å². The minimum absolute atomic E-state index is 0.425. The van der Waals surface area contributed by atoms with Crippen molar-refractivity contribution in [2.75, 3.05) is 0 Å². The van der Waals surface area contributed by atoms with Crippen molar-refractivity contribution in [1.29, 1.82) is 0 Å². The van der Waals surface area contributed by atoms with Crippen molar-refractivity contribution in [2.24, 2.45) is 0 Å². The zero-order valence-electron chi connectivity index (χ0n) is 26.9. The molecule has 0 spiro atoms. The molecule has 8 bridgehead atoms. The molecule has 51 heavy (non-hydrogen) atoms. The second-order valence-corrected chi connectivity index (χ2v) is 12.4. The standard InChI is InChI=1S/C42H26ClN7O/c43-42(51)29-3-1-25(2-4-29)38-30-5-7-32(47-30)39(26-13-19-44-20-14-26)34-9-11-36(49-34)41(28-17-23-46-24-18-28)37-12-10-35(50-37)40(27-15-21-45-22-16-27)33-8-6-31(38)48-33/h1-24,47-48H. The van der Waals surface area contributed by atoms with Gasteiger partial charge in [-0.05, 0) is 131 Å². The molecule has 2 aliphatic heterocycles. The third-order valence-electron chi connectivity index (χ3n) is 9.06. The summed E-state index contributed by atoms with van der Waals surface area (Å²) in [6.07, 6.45) is 18.9. The number of nitrogens with one attached hydrogen (secondary N) is 2. The Balaban J connectivity index is 1.46. The molecule has 0 radical (unpaired) electrons. The third kappa shape index (κ3) is 5.53. The Morgan fingerprint density at radius 1 is 0.412 bits per heavy atom. The smallest absolute Gasteiger partial charge is 0.252 e.